The van der Waals surface area contributed by atoms with Gasteiger partial charge in [0.25, 0.3) is 11.8 Å². The molecule has 33 heavy (non-hydrogen) atoms. The molecule has 0 atom stereocenters. The van der Waals surface area contributed by atoms with Gasteiger partial charge in [0.15, 0.2) is 11.5 Å². The summed E-state index contributed by atoms with van der Waals surface area (Å²) in [6.07, 6.45) is 0.893. The number of fused-ring (bicyclic) bond motifs is 1. The van der Waals surface area contributed by atoms with E-state index < -0.39 is 17.6 Å². The van der Waals surface area contributed by atoms with Gasteiger partial charge in [0, 0.05) is 5.69 Å². The van der Waals surface area contributed by atoms with Crippen molar-refractivity contribution in [2.75, 3.05) is 12.1 Å². The second kappa shape index (κ2) is 8.43. The standard InChI is InChI=1S/C26H21FN2O4/c1-2-16-3-10-20(11-4-16)28-24-23(18-6-8-19(27)9-7-18)25(30)29(26(24)31)14-17-5-12-21-22(13-17)33-15-32-21/h3-13,28H,2,14-15H2,1H3. The summed E-state index contributed by atoms with van der Waals surface area (Å²) >= 11 is 0. The van der Waals surface area contributed by atoms with E-state index in [1.54, 1.807) is 18.2 Å². The molecule has 2 aliphatic rings. The highest BCUT2D eigenvalue weighted by Gasteiger charge is 2.39. The Kier molecular flexibility index (Phi) is 5.30. The summed E-state index contributed by atoms with van der Waals surface area (Å²) in [5.41, 5.74) is 3.42. The molecule has 1 N–H and O–H groups in total. The zero-order valence-electron chi connectivity index (χ0n) is 17.9. The van der Waals surface area contributed by atoms with Crippen molar-refractivity contribution in [2.45, 2.75) is 19.9 Å². The average Bonchev–Trinajstić information content (AvgIpc) is 3.39. The van der Waals surface area contributed by atoms with E-state index in [1.165, 1.54) is 29.2 Å². The minimum absolute atomic E-state index is 0.0684. The highest BCUT2D eigenvalue weighted by atomic mass is 19.1. The van der Waals surface area contributed by atoms with E-state index in [-0.39, 0.29) is 24.6 Å². The zero-order chi connectivity index (χ0) is 22.9. The molecule has 2 heterocycles. The molecule has 0 bridgehead atoms. The molecule has 5 rings (SSSR count). The molecule has 3 aromatic carbocycles. The lowest BCUT2D eigenvalue weighted by Crippen LogP contribution is -2.32. The van der Waals surface area contributed by atoms with Gasteiger partial charge in [-0.25, -0.2) is 4.39 Å². The summed E-state index contributed by atoms with van der Waals surface area (Å²) in [5, 5.41) is 3.12. The molecule has 2 aliphatic heterocycles. The number of carbonyl (C=O) groups is 2. The Morgan fingerprint density at radius 2 is 1.58 bits per heavy atom. The van der Waals surface area contributed by atoms with E-state index >= 15 is 0 Å². The van der Waals surface area contributed by atoms with Gasteiger partial charge in [-0.15, -0.1) is 0 Å². The maximum atomic E-state index is 13.5. The first-order chi connectivity index (χ1) is 16.0. The van der Waals surface area contributed by atoms with Gasteiger partial charge in [-0.2, -0.15) is 0 Å². The highest BCUT2D eigenvalue weighted by molar-refractivity contribution is 6.36. The molecular weight excluding hydrogens is 423 g/mol. The van der Waals surface area contributed by atoms with Gasteiger partial charge in [0.05, 0.1) is 12.1 Å². The molecule has 0 saturated carbocycles. The first kappa shape index (κ1) is 20.8. The minimum atomic E-state index is -0.448. The maximum absolute atomic E-state index is 13.5. The van der Waals surface area contributed by atoms with Crippen LogP contribution in [0, 0.1) is 5.82 Å². The Morgan fingerprint density at radius 1 is 0.879 bits per heavy atom. The van der Waals surface area contributed by atoms with Crippen LogP contribution < -0.4 is 14.8 Å². The van der Waals surface area contributed by atoms with Crippen molar-refractivity contribution in [1.82, 2.24) is 4.90 Å². The number of amides is 2. The van der Waals surface area contributed by atoms with Gasteiger partial charge in [-0.1, -0.05) is 37.3 Å². The number of rotatable bonds is 6. The third-order valence-electron chi connectivity index (χ3n) is 5.71. The smallest absolute Gasteiger partial charge is 0.278 e. The van der Waals surface area contributed by atoms with E-state index in [4.69, 9.17) is 9.47 Å². The van der Waals surface area contributed by atoms with Crippen LogP contribution in [0.5, 0.6) is 11.5 Å². The molecule has 0 spiro atoms. The maximum Gasteiger partial charge on any atom is 0.278 e. The van der Waals surface area contributed by atoms with Crippen molar-refractivity contribution in [3.05, 3.63) is 94.9 Å². The number of hydrogen-bond acceptors (Lipinski definition) is 5. The number of aryl methyl sites for hydroxylation is 1. The van der Waals surface area contributed by atoms with Gasteiger partial charge in [-0.05, 0) is 59.5 Å². The van der Waals surface area contributed by atoms with Gasteiger partial charge in [0.1, 0.15) is 11.5 Å². The number of carbonyl (C=O) groups excluding carboxylic acids is 2. The van der Waals surface area contributed by atoms with Crippen molar-refractivity contribution in [3.63, 3.8) is 0 Å². The highest BCUT2D eigenvalue weighted by Crippen LogP contribution is 2.35. The lowest BCUT2D eigenvalue weighted by Gasteiger charge is -2.16. The number of imide groups is 1. The Morgan fingerprint density at radius 3 is 2.30 bits per heavy atom. The molecule has 6 nitrogen and oxygen atoms in total. The number of halogens is 1. The summed E-state index contributed by atoms with van der Waals surface area (Å²) in [4.78, 5) is 28.0. The molecule has 2 amide bonds. The Balaban J connectivity index is 1.49. The second-order valence-electron chi connectivity index (χ2n) is 7.82. The molecule has 0 saturated heterocycles. The molecule has 0 aliphatic carbocycles. The Bertz CT molecular complexity index is 1270. The van der Waals surface area contributed by atoms with Crippen LogP contribution in [0.4, 0.5) is 10.1 Å². The number of ether oxygens (including phenoxy) is 2. The summed E-state index contributed by atoms with van der Waals surface area (Å²) in [7, 11) is 0. The Hall–Kier alpha value is -4.13. The Labute approximate surface area is 190 Å². The molecule has 0 aromatic heterocycles. The fourth-order valence-electron chi connectivity index (χ4n) is 3.91. The van der Waals surface area contributed by atoms with Crippen LogP contribution in [-0.4, -0.2) is 23.5 Å². The van der Waals surface area contributed by atoms with Crippen molar-refractivity contribution >= 4 is 23.1 Å². The summed E-state index contributed by atoms with van der Waals surface area (Å²) in [6.45, 7) is 2.27. The van der Waals surface area contributed by atoms with E-state index in [2.05, 4.69) is 12.2 Å². The second-order valence-corrected chi connectivity index (χ2v) is 7.82. The topological polar surface area (TPSA) is 67.9 Å². The van der Waals surface area contributed by atoms with Gasteiger partial charge in [0.2, 0.25) is 6.79 Å². The molecule has 0 radical (unpaired) electrons. The predicted molar refractivity (Wildman–Crippen MR) is 121 cm³/mol. The summed E-state index contributed by atoms with van der Waals surface area (Å²) in [6, 6.07) is 18.5. The number of benzene rings is 3. The van der Waals surface area contributed by atoms with E-state index in [1.807, 2.05) is 24.3 Å². The summed E-state index contributed by atoms with van der Waals surface area (Å²) < 4.78 is 24.3. The zero-order valence-corrected chi connectivity index (χ0v) is 17.9. The van der Waals surface area contributed by atoms with Gasteiger partial charge in [-0.3, -0.25) is 14.5 Å². The number of nitrogens with zero attached hydrogens (tertiary/aromatic N) is 1. The predicted octanol–water partition coefficient (Wildman–Crippen LogP) is 4.51. The number of hydrogen-bond donors (Lipinski definition) is 1. The van der Waals surface area contributed by atoms with Crippen LogP contribution in [-0.2, 0) is 22.6 Å². The number of nitrogens with one attached hydrogen (secondary N) is 1. The normalized spacial score (nSPS) is 14.9. The van der Waals surface area contributed by atoms with E-state index in [0.717, 1.165) is 17.5 Å². The SMILES string of the molecule is CCc1ccc(NC2=C(c3ccc(F)cc3)C(=O)N(Cc3ccc4c(c3)OCO4)C2=O)cc1. The van der Waals surface area contributed by atoms with Crippen LogP contribution in [0.3, 0.4) is 0 Å². The van der Waals surface area contributed by atoms with Crippen molar-refractivity contribution in [3.8, 4) is 11.5 Å². The molecule has 0 fully saturated rings. The largest absolute Gasteiger partial charge is 0.454 e. The molecule has 3 aromatic rings. The average molecular weight is 444 g/mol. The fraction of sp³-hybridized carbons (Fsp3) is 0.154. The lowest BCUT2D eigenvalue weighted by molar-refractivity contribution is -0.137. The third-order valence-corrected chi connectivity index (χ3v) is 5.71. The van der Waals surface area contributed by atoms with Gasteiger partial charge < -0.3 is 14.8 Å². The van der Waals surface area contributed by atoms with E-state index in [9.17, 15) is 14.0 Å². The minimum Gasteiger partial charge on any atom is -0.454 e. The van der Waals surface area contributed by atoms with Gasteiger partial charge >= 0.3 is 0 Å². The number of anilines is 1. The van der Waals surface area contributed by atoms with Crippen molar-refractivity contribution in [1.29, 1.82) is 0 Å². The van der Waals surface area contributed by atoms with Crippen LogP contribution in [0.2, 0.25) is 0 Å². The quantitative estimate of drug-likeness (QED) is 0.567. The van der Waals surface area contributed by atoms with Crippen molar-refractivity contribution in [2.24, 2.45) is 0 Å². The third kappa shape index (κ3) is 3.93. The molecular formula is C26H21FN2O4. The lowest BCUT2D eigenvalue weighted by atomic mass is 10.0. The molecule has 7 heteroatoms. The van der Waals surface area contributed by atoms with Crippen molar-refractivity contribution < 1.29 is 23.5 Å². The molecule has 0 unspecified atom stereocenters. The van der Waals surface area contributed by atoms with E-state index in [0.29, 0.717) is 22.7 Å². The summed E-state index contributed by atoms with van der Waals surface area (Å²) in [5.74, 6) is -0.111. The van der Waals surface area contributed by atoms with Crippen LogP contribution in [0.15, 0.2) is 72.4 Å². The molecule has 166 valence electrons. The first-order valence-electron chi connectivity index (χ1n) is 10.6. The van der Waals surface area contributed by atoms with Crippen LogP contribution in [0.1, 0.15) is 23.6 Å². The first-order valence-corrected chi connectivity index (χ1v) is 10.6. The van der Waals surface area contributed by atoms with Crippen LogP contribution >= 0.6 is 0 Å². The monoisotopic (exact) mass is 444 g/mol. The fourth-order valence-corrected chi connectivity index (χ4v) is 3.91. The van der Waals surface area contributed by atoms with Crippen LogP contribution in [0.25, 0.3) is 5.57 Å².